The Morgan fingerprint density at radius 2 is 2.05 bits per heavy atom. The molecule has 2 aromatic carbocycles. The van der Waals surface area contributed by atoms with Gasteiger partial charge in [0.1, 0.15) is 11.3 Å². The van der Waals surface area contributed by atoms with Crippen molar-refractivity contribution in [3.8, 4) is 17.2 Å². The number of nitriles is 1. The normalized spacial score (nSPS) is 24.6. The molecule has 2 aromatic heterocycles. The lowest BCUT2D eigenvalue weighted by Crippen LogP contribution is -2.41. The summed E-state index contributed by atoms with van der Waals surface area (Å²) in [7, 11) is 0. The third kappa shape index (κ3) is 4.04. The zero-order valence-corrected chi connectivity index (χ0v) is 24.7. The Morgan fingerprint density at radius 3 is 2.77 bits per heavy atom. The van der Waals surface area contributed by atoms with Gasteiger partial charge in [-0.3, -0.25) is 4.79 Å². The zero-order valence-electron chi connectivity index (χ0n) is 24.0. The first kappa shape index (κ1) is 27.0. The van der Waals surface area contributed by atoms with E-state index >= 15 is 4.39 Å². The molecule has 1 N–H and O–H groups in total. The van der Waals surface area contributed by atoms with Gasteiger partial charge in [0.25, 0.3) is 0 Å². The van der Waals surface area contributed by atoms with Gasteiger partial charge in [0.05, 0.1) is 28.7 Å². The Hall–Kier alpha value is -3.54. The van der Waals surface area contributed by atoms with Gasteiger partial charge < -0.3 is 14.8 Å². The topological polar surface area (TPSA) is 74.0 Å². The van der Waals surface area contributed by atoms with Crippen LogP contribution in [-0.4, -0.2) is 39.5 Å². The van der Waals surface area contributed by atoms with Gasteiger partial charge in [0.2, 0.25) is 5.91 Å². The minimum Gasteiger partial charge on any atom is -0.337 e. The molecule has 0 radical (unpaired) electrons. The van der Waals surface area contributed by atoms with Gasteiger partial charge in [-0.15, -0.1) is 0 Å². The van der Waals surface area contributed by atoms with Crippen LogP contribution in [0, 0.1) is 41.7 Å². The SMILES string of the molecule is Cc1nc2c(F)c(-c3cccc(F)c3Cl)c(CCC#N)cc2c2c1cc(C1CCCN1C(=O)C1CC1)n2[C@H]1[C@H]2CN[C@@H]1C2. The molecule has 3 saturated heterocycles. The third-order valence-electron chi connectivity index (χ3n) is 10.2. The molecule has 43 heavy (non-hydrogen) atoms. The van der Waals surface area contributed by atoms with Gasteiger partial charge >= 0.3 is 0 Å². The molecule has 3 aliphatic heterocycles. The van der Waals surface area contributed by atoms with Crippen molar-refractivity contribution in [2.75, 3.05) is 13.1 Å². The van der Waals surface area contributed by atoms with Crippen molar-refractivity contribution >= 4 is 39.3 Å². The summed E-state index contributed by atoms with van der Waals surface area (Å²) in [6, 6.07) is 11.2. The molecule has 220 valence electrons. The molecule has 0 spiro atoms. The number of aryl methyl sites for hydroxylation is 2. The minimum atomic E-state index is -0.627. The van der Waals surface area contributed by atoms with E-state index in [1.807, 2.05) is 13.0 Å². The minimum absolute atomic E-state index is 0.0248. The van der Waals surface area contributed by atoms with Gasteiger partial charge in [0.15, 0.2) is 5.82 Å². The van der Waals surface area contributed by atoms with E-state index in [2.05, 4.69) is 26.9 Å². The van der Waals surface area contributed by atoms with Crippen LogP contribution in [0.25, 0.3) is 32.9 Å². The van der Waals surface area contributed by atoms with Crippen molar-refractivity contribution in [3.05, 3.63) is 63.9 Å². The molecule has 4 atom stereocenters. The summed E-state index contributed by atoms with van der Waals surface area (Å²) in [5.74, 6) is -0.314. The third-order valence-corrected chi connectivity index (χ3v) is 10.6. The molecule has 2 saturated carbocycles. The molecule has 1 amide bonds. The van der Waals surface area contributed by atoms with Crippen molar-refractivity contribution in [2.45, 2.75) is 70.0 Å². The number of halogens is 3. The molecule has 5 fully saturated rings. The first-order valence-electron chi connectivity index (χ1n) is 15.4. The van der Waals surface area contributed by atoms with Crippen LogP contribution in [0.2, 0.25) is 5.02 Å². The summed E-state index contributed by atoms with van der Waals surface area (Å²) in [5.41, 5.74) is 4.01. The summed E-state index contributed by atoms with van der Waals surface area (Å²) in [6.45, 7) is 3.61. The molecular weight excluding hydrogens is 568 g/mol. The van der Waals surface area contributed by atoms with Crippen LogP contribution >= 0.6 is 11.6 Å². The largest absolute Gasteiger partial charge is 0.337 e. The number of aromatic nitrogens is 2. The van der Waals surface area contributed by atoms with Gasteiger partial charge in [0, 0.05) is 64.8 Å². The van der Waals surface area contributed by atoms with Crippen molar-refractivity contribution in [1.82, 2.24) is 19.8 Å². The molecule has 1 unspecified atom stereocenters. The van der Waals surface area contributed by atoms with Crippen LogP contribution in [0.3, 0.4) is 0 Å². The summed E-state index contributed by atoms with van der Waals surface area (Å²) >= 11 is 6.39. The van der Waals surface area contributed by atoms with E-state index in [4.69, 9.17) is 16.6 Å². The van der Waals surface area contributed by atoms with Crippen LogP contribution in [-0.2, 0) is 11.2 Å². The van der Waals surface area contributed by atoms with E-state index in [0.29, 0.717) is 28.6 Å². The Balaban J connectivity index is 1.41. The molecule has 5 aliphatic rings. The number of hydrogen-bond acceptors (Lipinski definition) is 4. The van der Waals surface area contributed by atoms with Crippen LogP contribution in [0.15, 0.2) is 30.3 Å². The average molecular weight is 600 g/mol. The highest BCUT2D eigenvalue weighted by Crippen LogP contribution is 2.51. The van der Waals surface area contributed by atoms with E-state index in [9.17, 15) is 14.4 Å². The highest BCUT2D eigenvalue weighted by molar-refractivity contribution is 6.33. The molecule has 2 aliphatic carbocycles. The maximum atomic E-state index is 16.8. The number of nitrogens with one attached hydrogen (secondary N) is 1. The Bertz CT molecular complexity index is 1860. The number of carbonyl (C=O) groups excluding carboxylic acids is 1. The Morgan fingerprint density at radius 1 is 1.21 bits per heavy atom. The maximum absolute atomic E-state index is 16.8. The number of rotatable bonds is 6. The number of amides is 1. The molecule has 6 nitrogen and oxygen atoms in total. The lowest BCUT2D eigenvalue weighted by molar-refractivity contribution is -0.133. The number of carbonyl (C=O) groups is 1. The standard InChI is InChI=1S/C34H32ClF2N5O/c1-17-22-15-27(26-8-4-12-41(26)34(43)18-9-10-18)42(32-20-14-25(32)39-16-20)33(22)23-13-19(5-3-11-38)28(30(37)31(23)40-17)21-6-2-7-24(36)29(21)35/h2,6-7,13,15,18,20,25-26,32,39H,3-5,8-10,12,14,16H2,1H3/t20-,25-,26?,32+/m1/s1. The first-order chi connectivity index (χ1) is 20.9. The van der Waals surface area contributed by atoms with E-state index in [-0.39, 0.29) is 58.4 Å². The highest BCUT2D eigenvalue weighted by Gasteiger charge is 2.50. The molecule has 9 heteroatoms. The van der Waals surface area contributed by atoms with Crippen LogP contribution < -0.4 is 5.32 Å². The fourth-order valence-corrected chi connectivity index (χ4v) is 8.22. The Kier molecular flexibility index (Phi) is 6.29. The van der Waals surface area contributed by atoms with Crippen LogP contribution in [0.4, 0.5) is 8.78 Å². The predicted molar refractivity (Wildman–Crippen MR) is 162 cm³/mol. The second-order valence-corrected chi connectivity index (χ2v) is 13.1. The average Bonchev–Trinajstić information content (AvgIpc) is 3.34. The summed E-state index contributed by atoms with van der Waals surface area (Å²) in [4.78, 5) is 20.3. The number of fused-ring (bicyclic) bond motifs is 4. The monoisotopic (exact) mass is 599 g/mol. The second-order valence-electron chi connectivity index (χ2n) is 12.7. The Labute approximate surface area is 253 Å². The predicted octanol–water partition coefficient (Wildman–Crippen LogP) is 7.16. The molecule has 4 aromatic rings. The first-order valence-corrected chi connectivity index (χ1v) is 15.8. The van der Waals surface area contributed by atoms with Crippen molar-refractivity contribution in [3.63, 3.8) is 0 Å². The van der Waals surface area contributed by atoms with Crippen LogP contribution in [0.1, 0.15) is 67.6 Å². The summed E-state index contributed by atoms with van der Waals surface area (Å²) in [6.07, 6.45) is 5.37. The van der Waals surface area contributed by atoms with Gasteiger partial charge in [-0.2, -0.15) is 5.26 Å². The fraction of sp³-hybridized carbons (Fsp3) is 0.441. The molecule has 5 heterocycles. The van der Waals surface area contributed by atoms with E-state index < -0.39 is 11.6 Å². The van der Waals surface area contributed by atoms with Crippen molar-refractivity contribution < 1.29 is 13.6 Å². The molecular formula is C34H32ClF2N5O. The highest BCUT2D eigenvalue weighted by atomic mass is 35.5. The van der Waals surface area contributed by atoms with Gasteiger partial charge in [-0.05, 0) is 75.1 Å². The number of hydrogen-bond donors (Lipinski definition) is 1. The number of nitrogens with zero attached hydrogens (tertiary/aromatic N) is 4. The molecule has 9 rings (SSSR count). The quantitative estimate of drug-likeness (QED) is 0.255. The summed E-state index contributed by atoms with van der Waals surface area (Å²) < 4.78 is 33.8. The van der Waals surface area contributed by atoms with Crippen LogP contribution in [0.5, 0.6) is 0 Å². The smallest absolute Gasteiger partial charge is 0.226 e. The van der Waals surface area contributed by atoms with Gasteiger partial charge in [-0.1, -0.05) is 23.7 Å². The maximum Gasteiger partial charge on any atom is 0.226 e. The van der Waals surface area contributed by atoms with Crippen molar-refractivity contribution in [1.29, 1.82) is 5.26 Å². The second kappa shape index (κ2) is 10.0. The van der Waals surface area contributed by atoms with Gasteiger partial charge in [-0.25, -0.2) is 13.8 Å². The zero-order chi connectivity index (χ0) is 29.6. The summed E-state index contributed by atoms with van der Waals surface area (Å²) in [5, 5.41) is 14.6. The lowest BCUT2D eigenvalue weighted by Gasteiger charge is -2.39. The number of pyridine rings is 1. The molecule has 2 bridgehead atoms. The van der Waals surface area contributed by atoms with Crippen molar-refractivity contribution in [2.24, 2.45) is 11.8 Å². The number of likely N-dealkylation sites (tertiary alicyclic amines) is 1. The van der Waals surface area contributed by atoms with E-state index in [1.165, 1.54) is 12.1 Å². The number of benzene rings is 2. The van der Waals surface area contributed by atoms with E-state index in [0.717, 1.165) is 61.8 Å². The van der Waals surface area contributed by atoms with E-state index in [1.54, 1.807) is 6.07 Å². The lowest BCUT2D eigenvalue weighted by atomic mass is 9.79. The fourth-order valence-electron chi connectivity index (χ4n) is 8.00.